The summed E-state index contributed by atoms with van der Waals surface area (Å²) in [5.41, 5.74) is -0.137. The second kappa shape index (κ2) is 6.94. The summed E-state index contributed by atoms with van der Waals surface area (Å²) >= 11 is 3.34. The van der Waals surface area contributed by atoms with Gasteiger partial charge in [0.05, 0.1) is 0 Å². The van der Waals surface area contributed by atoms with Crippen molar-refractivity contribution in [2.45, 2.75) is 37.9 Å². The smallest absolute Gasteiger partial charge is 0.251 e. The van der Waals surface area contributed by atoms with Crippen molar-refractivity contribution < 1.29 is 4.79 Å². The molecule has 2 unspecified atom stereocenters. The van der Waals surface area contributed by atoms with Crippen LogP contribution in [0.4, 0.5) is 0 Å². The molecule has 0 aromatic carbocycles. The van der Waals surface area contributed by atoms with E-state index in [9.17, 15) is 9.59 Å². The van der Waals surface area contributed by atoms with Crippen LogP contribution in [-0.2, 0) is 11.3 Å². The largest absolute Gasteiger partial charge is 0.334 e. The van der Waals surface area contributed by atoms with Crippen LogP contribution < -0.4 is 10.9 Å². The van der Waals surface area contributed by atoms with Crippen molar-refractivity contribution in [2.75, 3.05) is 13.1 Å². The average molecular weight is 377 g/mol. The van der Waals surface area contributed by atoms with Gasteiger partial charge in [-0.25, -0.2) is 0 Å². The topological polar surface area (TPSA) is 54.3 Å². The predicted octanol–water partition coefficient (Wildman–Crippen LogP) is 1.39. The van der Waals surface area contributed by atoms with Gasteiger partial charge in [0.1, 0.15) is 6.54 Å². The fraction of sp³-hybridized carbons (Fsp3) is 0.571. The number of hydrogen-bond donors (Lipinski definition) is 1. The monoisotopic (exact) mass is 375 g/mol. The van der Waals surface area contributed by atoms with Gasteiger partial charge in [-0.15, -0.1) is 12.4 Å². The van der Waals surface area contributed by atoms with Crippen LogP contribution >= 0.6 is 28.3 Å². The number of fused-ring (bicyclic) bond motifs is 2. The minimum absolute atomic E-state index is 0. The lowest BCUT2D eigenvalue weighted by atomic mass is 10.1. The van der Waals surface area contributed by atoms with Gasteiger partial charge in [0.2, 0.25) is 5.91 Å². The lowest BCUT2D eigenvalue weighted by molar-refractivity contribution is -0.134. The summed E-state index contributed by atoms with van der Waals surface area (Å²) in [4.78, 5) is 26.4. The predicted molar refractivity (Wildman–Crippen MR) is 86.8 cm³/mol. The van der Waals surface area contributed by atoms with Gasteiger partial charge in [-0.1, -0.05) is 0 Å². The number of nitrogens with one attached hydrogen (secondary N) is 1. The first-order valence-electron chi connectivity index (χ1n) is 7.03. The molecule has 2 saturated heterocycles. The van der Waals surface area contributed by atoms with E-state index in [1.165, 1.54) is 10.6 Å². The first-order chi connectivity index (χ1) is 9.65. The normalized spacial score (nSPS) is 24.3. The first-order valence-corrected chi connectivity index (χ1v) is 7.82. The molecule has 0 radical (unpaired) electrons. The van der Waals surface area contributed by atoms with Gasteiger partial charge in [0.25, 0.3) is 5.56 Å². The third-order valence-electron chi connectivity index (χ3n) is 4.20. The van der Waals surface area contributed by atoms with Crippen molar-refractivity contribution in [3.8, 4) is 0 Å². The van der Waals surface area contributed by atoms with E-state index in [4.69, 9.17) is 0 Å². The number of carbonyl (C=O) groups is 1. The Morgan fingerprint density at radius 1 is 1.29 bits per heavy atom. The molecule has 116 valence electrons. The molecule has 2 atom stereocenters. The third kappa shape index (κ3) is 3.49. The lowest BCUT2D eigenvalue weighted by Crippen LogP contribution is -2.45. The number of nitrogens with zero attached hydrogens (tertiary/aromatic N) is 2. The summed E-state index contributed by atoms with van der Waals surface area (Å²) < 4.78 is 2.29. The van der Waals surface area contributed by atoms with Gasteiger partial charge in [-0.2, -0.15) is 0 Å². The van der Waals surface area contributed by atoms with Gasteiger partial charge in [-0.05, 0) is 47.8 Å². The molecule has 5 nitrogen and oxygen atoms in total. The Morgan fingerprint density at radius 3 is 2.86 bits per heavy atom. The molecule has 0 spiro atoms. The maximum atomic E-state index is 12.6. The van der Waals surface area contributed by atoms with Crippen LogP contribution in [0.25, 0.3) is 0 Å². The summed E-state index contributed by atoms with van der Waals surface area (Å²) in [6, 6.07) is 3.81. The van der Waals surface area contributed by atoms with Crippen LogP contribution in [0.5, 0.6) is 0 Å². The van der Waals surface area contributed by atoms with Crippen molar-refractivity contribution in [3.05, 3.63) is 33.2 Å². The Kier molecular flexibility index (Phi) is 5.46. The maximum Gasteiger partial charge on any atom is 0.251 e. The highest BCUT2D eigenvalue weighted by atomic mass is 79.9. The van der Waals surface area contributed by atoms with Crippen molar-refractivity contribution in [2.24, 2.45) is 0 Å². The molecular weight excluding hydrogens is 358 g/mol. The fourth-order valence-electron chi connectivity index (χ4n) is 3.24. The Hall–Kier alpha value is -0.850. The molecule has 1 N–H and O–H groups in total. The molecule has 0 aliphatic carbocycles. The average Bonchev–Trinajstić information content (AvgIpc) is 2.67. The van der Waals surface area contributed by atoms with Gasteiger partial charge >= 0.3 is 0 Å². The van der Waals surface area contributed by atoms with E-state index in [2.05, 4.69) is 21.2 Å². The summed E-state index contributed by atoms with van der Waals surface area (Å²) in [6.07, 6.45) is 4.84. The Bertz CT molecular complexity index is 564. The summed E-state index contributed by atoms with van der Waals surface area (Å²) in [5.74, 6) is 0.0569. The Balaban J connectivity index is 0.00000161. The third-order valence-corrected chi connectivity index (χ3v) is 4.66. The molecule has 2 bridgehead atoms. The SMILES string of the molecule is Cl.O=C(Cn1cc(Br)ccc1=O)N1C2CCNCC1CC2. The summed E-state index contributed by atoms with van der Waals surface area (Å²) in [5, 5.41) is 3.38. The van der Waals surface area contributed by atoms with Crippen LogP contribution in [0.3, 0.4) is 0 Å². The van der Waals surface area contributed by atoms with Crippen molar-refractivity contribution in [3.63, 3.8) is 0 Å². The minimum atomic E-state index is -0.137. The van der Waals surface area contributed by atoms with Crippen molar-refractivity contribution in [1.29, 1.82) is 0 Å². The molecule has 0 saturated carbocycles. The van der Waals surface area contributed by atoms with Gasteiger partial charge in [0.15, 0.2) is 0 Å². The second-order valence-electron chi connectivity index (χ2n) is 5.49. The van der Waals surface area contributed by atoms with E-state index < -0.39 is 0 Å². The van der Waals surface area contributed by atoms with Gasteiger partial charge in [-0.3, -0.25) is 9.59 Å². The molecule has 2 fully saturated rings. The second-order valence-corrected chi connectivity index (χ2v) is 6.41. The highest BCUT2D eigenvalue weighted by molar-refractivity contribution is 9.10. The quantitative estimate of drug-likeness (QED) is 0.848. The van der Waals surface area contributed by atoms with E-state index in [0.717, 1.165) is 36.8 Å². The zero-order chi connectivity index (χ0) is 14.1. The minimum Gasteiger partial charge on any atom is -0.334 e. The molecule has 2 aliphatic heterocycles. The Morgan fingerprint density at radius 2 is 2.05 bits per heavy atom. The van der Waals surface area contributed by atoms with Crippen molar-refractivity contribution >= 4 is 34.2 Å². The number of aromatic nitrogens is 1. The van der Waals surface area contributed by atoms with Gasteiger partial charge < -0.3 is 14.8 Å². The molecule has 3 heterocycles. The molecule has 1 amide bonds. The standard InChI is InChI=1S/C14H18BrN3O2.ClH/c15-10-1-4-13(19)17(8-10)9-14(20)18-11-2-3-12(18)7-16-6-5-11;/h1,4,8,11-12,16H,2-3,5-7,9H2;1H. The lowest BCUT2D eigenvalue weighted by Gasteiger charge is -2.28. The van der Waals surface area contributed by atoms with Crippen LogP contribution in [0.15, 0.2) is 27.6 Å². The van der Waals surface area contributed by atoms with E-state index in [1.807, 2.05) is 4.90 Å². The number of carbonyl (C=O) groups excluding carboxylic acids is 1. The Labute approximate surface area is 138 Å². The van der Waals surface area contributed by atoms with Crippen LogP contribution in [0.1, 0.15) is 19.3 Å². The summed E-state index contributed by atoms with van der Waals surface area (Å²) in [7, 11) is 0. The number of amides is 1. The van der Waals surface area contributed by atoms with Crippen molar-refractivity contribution in [1.82, 2.24) is 14.8 Å². The molecule has 7 heteroatoms. The van der Waals surface area contributed by atoms with E-state index in [0.29, 0.717) is 6.04 Å². The van der Waals surface area contributed by atoms with E-state index >= 15 is 0 Å². The number of halogens is 2. The van der Waals surface area contributed by atoms with Crippen LogP contribution in [0, 0.1) is 0 Å². The van der Waals surface area contributed by atoms with Crippen LogP contribution in [-0.4, -0.2) is 40.5 Å². The fourth-order valence-corrected chi connectivity index (χ4v) is 3.62. The highest BCUT2D eigenvalue weighted by Crippen LogP contribution is 2.28. The molecular formula is C14H19BrClN3O2. The van der Waals surface area contributed by atoms with E-state index in [-0.39, 0.29) is 36.5 Å². The van der Waals surface area contributed by atoms with Crippen LogP contribution in [0.2, 0.25) is 0 Å². The summed E-state index contributed by atoms with van der Waals surface area (Å²) in [6.45, 7) is 1.97. The maximum absolute atomic E-state index is 12.6. The number of hydrogen-bond acceptors (Lipinski definition) is 3. The molecule has 3 rings (SSSR count). The van der Waals surface area contributed by atoms with Gasteiger partial charge in [0, 0.05) is 35.4 Å². The molecule has 1 aromatic rings. The zero-order valence-corrected chi connectivity index (χ0v) is 14.0. The molecule has 2 aliphatic rings. The molecule has 21 heavy (non-hydrogen) atoms. The zero-order valence-electron chi connectivity index (χ0n) is 11.6. The molecule has 1 aromatic heterocycles. The van der Waals surface area contributed by atoms with E-state index in [1.54, 1.807) is 12.3 Å². The number of pyridine rings is 1. The highest BCUT2D eigenvalue weighted by Gasteiger charge is 2.37. The number of rotatable bonds is 2. The first kappa shape index (κ1) is 16.5.